The summed E-state index contributed by atoms with van der Waals surface area (Å²) in [7, 11) is 0. The minimum atomic E-state index is -0.458. The van der Waals surface area contributed by atoms with Gasteiger partial charge < -0.3 is 4.90 Å². The zero-order valence-electron chi connectivity index (χ0n) is 9.16. The van der Waals surface area contributed by atoms with Crippen LogP contribution in [0.5, 0.6) is 0 Å². The molecule has 0 radical (unpaired) electrons. The Morgan fingerprint density at radius 1 is 1.57 bits per heavy atom. The topological polar surface area (TPSA) is 44.1 Å². The number of hydrogen-bond acceptors (Lipinski definition) is 2. The minimum absolute atomic E-state index is 0.0202. The Kier molecular flexibility index (Phi) is 3.51. The average Bonchev–Trinajstić information content (AvgIpc) is 2.52. The van der Waals surface area contributed by atoms with Crippen molar-refractivity contribution in [2.45, 2.75) is 27.2 Å². The van der Waals surface area contributed by atoms with Gasteiger partial charge in [0.05, 0.1) is 6.07 Å². The van der Waals surface area contributed by atoms with Crippen molar-refractivity contribution in [1.29, 1.82) is 5.26 Å². The predicted octanol–water partition coefficient (Wildman–Crippen LogP) is 1.65. The molecule has 0 aromatic heterocycles. The first-order valence-corrected chi connectivity index (χ1v) is 5.24. The van der Waals surface area contributed by atoms with E-state index in [2.05, 4.69) is 13.0 Å². The normalized spacial score (nSPS) is 23.6. The fourth-order valence-corrected chi connectivity index (χ4v) is 1.82. The van der Waals surface area contributed by atoms with Crippen molar-refractivity contribution in [2.24, 2.45) is 17.8 Å². The van der Waals surface area contributed by atoms with Crippen LogP contribution in [0.3, 0.4) is 0 Å². The number of carbonyl (C=O) groups excluding carboxylic acids is 1. The van der Waals surface area contributed by atoms with Crippen LogP contribution in [-0.2, 0) is 4.79 Å². The van der Waals surface area contributed by atoms with Crippen molar-refractivity contribution in [3.05, 3.63) is 0 Å². The van der Waals surface area contributed by atoms with Crippen molar-refractivity contribution in [2.75, 3.05) is 13.1 Å². The van der Waals surface area contributed by atoms with Crippen LogP contribution in [0, 0.1) is 29.1 Å². The Labute approximate surface area is 85.7 Å². The van der Waals surface area contributed by atoms with Crippen LogP contribution >= 0.6 is 0 Å². The van der Waals surface area contributed by atoms with Gasteiger partial charge in [0.2, 0.25) is 5.91 Å². The van der Waals surface area contributed by atoms with Crippen LogP contribution in [0.4, 0.5) is 0 Å². The third kappa shape index (κ3) is 2.25. The molecule has 0 aromatic rings. The van der Waals surface area contributed by atoms with E-state index in [1.807, 2.05) is 18.7 Å². The molecule has 2 atom stereocenters. The van der Waals surface area contributed by atoms with Gasteiger partial charge in [-0.05, 0) is 18.3 Å². The van der Waals surface area contributed by atoms with Gasteiger partial charge in [-0.1, -0.05) is 20.8 Å². The van der Waals surface area contributed by atoms with Gasteiger partial charge >= 0.3 is 0 Å². The summed E-state index contributed by atoms with van der Waals surface area (Å²) in [6, 6.07) is 2.10. The molecule has 1 heterocycles. The van der Waals surface area contributed by atoms with Crippen LogP contribution in [0.25, 0.3) is 0 Å². The minimum Gasteiger partial charge on any atom is -0.341 e. The lowest BCUT2D eigenvalue weighted by Crippen LogP contribution is -2.35. The second-order valence-electron chi connectivity index (χ2n) is 4.53. The first-order chi connectivity index (χ1) is 6.56. The summed E-state index contributed by atoms with van der Waals surface area (Å²) in [5.74, 6) is 0.265. The van der Waals surface area contributed by atoms with E-state index in [4.69, 9.17) is 5.26 Å². The highest BCUT2D eigenvalue weighted by Gasteiger charge is 2.30. The first-order valence-electron chi connectivity index (χ1n) is 5.24. The Morgan fingerprint density at radius 2 is 2.21 bits per heavy atom. The standard InChI is InChI=1S/C11H18N2O/c1-8(2)10(6-12)11(14)13-5-4-9(3)7-13/h8-10H,4-5,7H2,1-3H3. The van der Waals surface area contributed by atoms with E-state index in [1.54, 1.807) is 0 Å². The van der Waals surface area contributed by atoms with E-state index in [9.17, 15) is 4.79 Å². The number of hydrogen-bond donors (Lipinski definition) is 0. The molecule has 1 aliphatic heterocycles. The van der Waals surface area contributed by atoms with E-state index in [1.165, 1.54) is 0 Å². The maximum atomic E-state index is 11.9. The number of rotatable bonds is 2. The van der Waals surface area contributed by atoms with Gasteiger partial charge in [-0.25, -0.2) is 0 Å². The summed E-state index contributed by atoms with van der Waals surface area (Å²) in [4.78, 5) is 13.7. The van der Waals surface area contributed by atoms with Crippen molar-refractivity contribution in [3.8, 4) is 6.07 Å². The van der Waals surface area contributed by atoms with Crippen molar-refractivity contribution in [3.63, 3.8) is 0 Å². The second-order valence-corrected chi connectivity index (χ2v) is 4.53. The third-order valence-electron chi connectivity index (χ3n) is 2.81. The van der Waals surface area contributed by atoms with Gasteiger partial charge in [0, 0.05) is 13.1 Å². The molecule has 3 heteroatoms. The van der Waals surface area contributed by atoms with Gasteiger partial charge in [-0.3, -0.25) is 4.79 Å². The Balaban J connectivity index is 2.60. The molecule has 0 N–H and O–H groups in total. The summed E-state index contributed by atoms with van der Waals surface area (Å²) >= 11 is 0. The molecule has 0 aromatic carbocycles. The molecular formula is C11H18N2O. The van der Waals surface area contributed by atoms with Crippen molar-refractivity contribution in [1.82, 2.24) is 4.90 Å². The van der Waals surface area contributed by atoms with Crippen LogP contribution in [0.15, 0.2) is 0 Å². The van der Waals surface area contributed by atoms with Crippen LogP contribution in [0.2, 0.25) is 0 Å². The monoisotopic (exact) mass is 194 g/mol. The molecule has 1 fully saturated rings. The molecule has 0 saturated carbocycles. The van der Waals surface area contributed by atoms with Gasteiger partial charge in [0.25, 0.3) is 0 Å². The first kappa shape index (κ1) is 11.0. The molecule has 1 amide bonds. The summed E-state index contributed by atoms with van der Waals surface area (Å²) in [5, 5.41) is 8.90. The summed E-state index contributed by atoms with van der Waals surface area (Å²) < 4.78 is 0. The fourth-order valence-electron chi connectivity index (χ4n) is 1.82. The predicted molar refractivity (Wildman–Crippen MR) is 54.3 cm³/mol. The van der Waals surface area contributed by atoms with Crippen LogP contribution in [-0.4, -0.2) is 23.9 Å². The highest BCUT2D eigenvalue weighted by Crippen LogP contribution is 2.20. The zero-order chi connectivity index (χ0) is 10.7. The van der Waals surface area contributed by atoms with E-state index < -0.39 is 5.92 Å². The SMILES string of the molecule is CC1CCN(C(=O)C(C#N)C(C)C)C1. The number of amides is 1. The molecule has 1 saturated heterocycles. The lowest BCUT2D eigenvalue weighted by Gasteiger charge is -2.21. The summed E-state index contributed by atoms with van der Waals surface area (Å²) in [6.45, 7) is 7.63. The summed E-state index contributed by atoms with van der Waals surface area (Å²) in [6.07, 6.45) is 1.07. The molecule has 1 rings (SSSR count). The quantitative estimate of drug-likeness (QED) is 0.671. The molecule has 0 bridgehead atoms. The number of nitriles is 1. The van der Waals surface area contributed by atoms with Crippen LogP contribution < -0.4 is 0 Å². The van der Waals surface area contributed by atoms with Crippen molar-refractivity contribution >= 4 is 5.91 Å². The Hall–Kier alpha value is -1.04. The molecule has 3 nitrogen and oxygen atoms in total. The van der Waals surface area contributed by atoms with E-state index >= 15 is 0 Å². The smallest absolute Gasteiger partial charge is 0.240 e. The maximum absolute atomic E-state index is 11.9. The number of nitrogens with zero attached hydrogens (tertiary/aromatic N) is 2. The molecule has 14 heavy (non-hydrogen) atoms. The molecule has 0 aliphatic carbocycles. The second kappa shape index (κ2) is 4.45. The lowest BCUT2D eigenvalue weighted by molar-refractivity contribution is -0.133. The Morgan fingerprint density at radius 3 is 2.57 bits per heavy atom. The maximum Gasteiger partial charge on any atom is 0.240 e. The highest BCUT2D eigenvalue weighted by molar-refractivity contribution is 5.81. The highest BCUT2D eigenvalue weighted by atomic mass is 16.2. The van der Waals surface area contributed by atoms with Crippen molar-refractivity contribution < 1.29 is 4.79 Å². The number of likely N-dealkylation sites (tertiary alicyclic amines) is 1. The molecule has 2 unspecified atom stereocenters. The Bertz CT molecular complexity index is 255. The summed E-state index contributed by atoms with van der Waals surface area (Å²) in [5.41, 5.74) is 0. The van der Waals surface area contributed by atoms with Crippen LogP contribution in [0.1, 0.15) is 27.2 Å². The number of carbonyl (C=O) groups is 1. The van der Waals surface area contributed by atoms with Gasteiger partial charge in [-0.2, -0.15) is 5.26 Å². The van der Waals surface area contributed by atoms with E-state index in [0.717, 1.165) is 19.5 Å². The van der Waals surface area contributed by atoms with Gasteiger partial charge in [0.15, 0.2) is 0 Å². The molecular weight excluding hydrogens is 176 g/mol. The van der Waals surface area contributed by atoms with E-state index in [0.29, 0.717) is 5.92 Å². The zero-order valence-corrected chi connectivity index (χ0v) is 9.16. The molecule has 0 spiro atoms. The third-order valence-corrected chi connectivity index (χ3v) is 2.81. The fraction of sp³-hybridized carbons (Fsp3) is 0.818. The average molecular weight is 194 g/mol. The molecule has 1 aliphatic rings. The largest absolute Gasteiger partial charge is 0.341 e. The lowest BCUT2D eigenvalue weighted by atomic mass is 9.96. The van der Waals surface area contributed by atoms with E-state index in [-0.39, 0.29) is 11.8 Å². The van der Waals surface area contributed by atoms with Gasteiger partial charge in [-0.15, -0.1) is 0 Å². The molecule has 78 valence electrons. The van der Waals surface area contributed by atoms with Gasteiger partial charge in [0.1, 0.15) is 5.92 Å².